The van der Waals surface area contributed by atoms with Crippen LogP contribution in [0.5, 0.6) is 0 Å². The fraction of sp³-hybridized carbons (Fsp3) is 0. The fourth-order valence-electron chi connectivity index (χ4n) is 1.28. The summed E-state index contributed by atoms with van der Waals surface area (Å²) in [4.78, 5) is 18.4. The molecule has 1 N–H and O–H groups in total. The van der Waals surface area contributed by atoms with Crippen molar-refractivity contribution in [3.63, 3.8) is 0 Å². The molecule has 0 spiro atoms. The molecule has 0 amide bonds. The van der Waals surface area contributed by atoms with Gasteiger partial charge < -0.3 is 6.53 Å². The van der Waals surface area contributed by atoms with Crippen LogP contribution in [0.25, 0.3) is 11.3 Å². The molecule has 0 bridgehead atoms. The maximum Gasteiger partial charge on any atom is 1.00 e. The van der Waals surface area contributed by atoms with Crippen molar-refractivity contribution in [2.75, 3.05) is 0 Å². The molecule has 0 aliphatic rings. The molecule has 0 saturated heterocycles. The number of hydrogen-bond acceptors (Lipinski definition) is 3. The van der Waals surface area contributed by atoms with Crippen LogP contribution in [-0.2, 0) is 0 Å². The quantitative estimate of drug-likeness (QED) is 0.746. The van der Waals surface area contributed by atoms with Crippen LogP contribution in [0, 0.1) is 0 Å². The van der Waals surface area contributed by atoms with Crippen LogP contribution >= 0.6 is 11.6 Å². The molecule has 1 aromatic carbocycles. The molecule has 6 heteroatoms. The van der Waals surface area contributed by atoms with E-state index in [1.54, 1.807) is 24.3 Å². The average Bonchev–Trinajstić information content (AvgIpc) is 2.29. The molecule has 1 aromatic heterocycles. The number of carboxylic acid groups (broad SMARTS) is 1. The van der Waals surface area contributed by atoms with Gasteiger partial charge in [-0.15, -0.1) is 0 Å². The number of aromatic carboxylic acids is 1. The van der Waals surface area contributed by atoms with Crippen molar-refractivity contribution < 1.29 is 40.9 Å². The summed E-state index contributed by atoms with van der Waals surface area (Å²) in [5.41, 5.74) is 1.26. The second kappa shape index (κ2) is 6.12. The summed E-state index contributed by atoms with van der Waals surface area (Å²) in [6.45, 7) is 0. The van der Waals surface area contributed by atoms with Gasteiger partial charge in [-0.25, -0.2) is 14.8 Å². The minimum atomic E-state index is -1.08. The number of aromatic nitrogens is 2. The Morgan fingerprint density at radius 1 is 1.29 bits per heavy atom. The van der Waals surface area contributed by atoms with Gasteiger partial charge in [0.05, 0.1) is 5.69 Å². The third kappa shape index (κ3) is 3.51. The van der Waals surface area contributed by atoms with Crippen LogP contribution in [0.1, 0.15) is 11.9 Å². The Hall–Kier alpha value is -0.940. The van der Waals surface area contributed by atoms with Gasteiger partial charge in [0.2, 0.25) is 0 Å². The number of carboxylic acids is 1. The second-order valence-corrected chi connectivity index (χ2v) is 3.54. The van der Waals surface area contributed by atoms with Gasteiger partial charge in [0.15, 0.2) is 5.69 Å². The van der Waals surface area contributed by atoms with Gasteiger partial charge in [0.25, 0.3) is 0 Å². The molecule has 0 aliphatic carbocycles. The first kappa shape index (κ1) is 14.1. The van der Waals surface area contributed by atoms with Crippen LogP contribution in [-0.4, -0.2) is 21.0 Å². The van der Waals surface area contributed by atoms with Crippen molar-refractivity contribution in [3.05, 3.63) is 47.4 Å². The first-order valence-electron chi connectivity index (χ1n) is 4.48. The third-order valence-electron chi connectivity index (χ3n) is 2.01. The molecule has 0 fully saturated rings. The molecule has 82 valence electrons. The number of benzene rings is 1. The van der Waals surface area contributed by atoms with Gasteiger partial charge >= 0.3 is 35.5 Å². The average molecular weight is 259 g/mol. The number of halogens is 1. The first-order valence-corrected chi connectivity index (χ1v) is 4.86. The summed E-state index contributed by atoms with van der Waals surface area (Å²) in [7, 11) is 0. The van der Waals surface area contributed by atoms with Crippen LogP contribution in [0.2, 0.25) is 5.02 Å². The maximum absolute atomic E-state index is 10.7. The molecule has 0 radical (unpaired) electrons. The van der Waals surface area contributed by atoms with Gasteiger partial charge in [-0.1, -0.05) is 23.7 Å². The molecule has 4 nitrogen and oxygen atoms in total. The van der Waals surface area contributed by atoms with Crippen molar-refractivity contribution in [1.29, 1.82) is 0 Å². The summed E-state index contributed by atoms with van der Waals surface area (Å²) in [6.07, 6.45) is 1.22. The number of hydrogen-bond donors (Lipinski definition) is 1. The van der Waals surface area contributed by atoms with Crippen LogP contribution in [0.15, 0.2) is 36.7 Å². The third-order valence-corrected chi connectivity index (χ3v) is 2.24. The van der Waals surface area contributed by atoms with E-state index in [0.717, 1.165) is 5.56 Å². The molecule has 2 aromatic rings. The summed E-state index contributed by atoms with van der Waals surface area (Å²) in [6, 6.07) is 8.45. The van der Waals surface area contributed by atoms with Gasteiger partial charge in [0.1, 0.15) is 6.33 Å². The Morgan fingerprint density at radius 2 is 2.06 bits per heavy atom. The maximum atomic E-state index is 10.7. The largest absolute Gasteiger partial charge is 1.00 e. The molecule has 17 heavy (non-hydrogen) atoms. The van der Waals surface area contributed by atoms with Crippen molar-refractivity contribution in [1.82, 2.24) is 9.97 Å². The molecule has 2 rings (SSSR count). The van der Waals surface area contributed by atoms with Gasteiger partial charge in [-0.3, -0.25) is 0 Å². The van der Waals surface area contributed by atoms with E-state index in [4.69, 9.17) is 16.7 Å². The molecule has 1 heterocycles. The number of rotatable bonds is 2. The molecular formula is C11H8ClN2NaO2. The standard InChI is InChI=1S/C11H7ClN2O2.Na.H/c12-8-3-1-2-7(4-8)9-5-10(11(15)16)14-6-13-9;;/h1-6H,(H,15,16);;/q;+1;-1. The summed E-state index contributed by atoms with van der Waals surface area (Å²) in [5, 5.41) is 9.37. The van der Waals surface area contributed by atoms with Crippen molar-refractivity contribution in [3.8, 4) is 11.3 Å². The number of carbonyl (C=O) groups is 1. The van der Waals surface area contributed by atoms with E-state index in [2.05, 4.69) is 9.97 Å². The minimum Gasteiger partial charge on any atom is -1.00 e. The molecule has 0 atom stereocenters. The Balaban J connectivity index is 0.00000144. The van der Waals surface area contributed by atoms with Gasteiger partial charge in [0, 0.05) is 10.6 Å². The zero-order valence-corrected chi connectivity index (χ0v) is 11.8. The summed E-state index contributed by atoms with van der Waals surface area (Å²) >= 11 is 5.84. The minimum absolute atomic E-state index is 0. The molecule has 0 saturated carbocycles. The zero-order chi connectivity index (χ0) is 11.5. The normalized spacial score (nSPS) is 9.47. The Labute approximate surface area is 126 Å². The SMILES string of the molecule is O=C(O)c1cc(-c2cccc(Cl)c2)ncn1.[H-].[Na+]. The van der Waals surface area contributed by atoms with Crippen LogP contribution in [0.3, 0.4) is 0 Å². The first-order chi connectivity index (χ1) is 7.66. The summed E-state index contributed by atoms with van der Waals surface area (Å²) in [5.74, 6) is -1.08. The predicted molar refractivity (Wildman–Crippen MR) is 60.5 cm³/mol. The molecule has 0 unspecified atom stereocenters. The second-order valence-electron chi connectivity index (χ2n) is 3.10. The van der Waals surface area contributed by atoms with E-state index in [0.29, 0.717) is 10.7 Å². The van der Waals surface area contributed by atoms with E-state index >= 15 is 0 Å². The summed E-state index contributed by atoms with van der Waals surface area (Å²) < 4.78 is 0. The smallest absolute Gasteiger partial charge is 1.00 e. The topological polar surface area (TPSA) is 63.1 Å². The van der Waals surface area contributed by atoms with Gasteiger partial charge in [-0.2, -0.15) is 0 Å². The molecular weight excluding hydrogens is 251 g/mol. The van der Waals surface area contributed by atoms with E-state index < -0.39 is 5.97 Å². The van der Waals surface area contributed by atoms with Gasteiger partial charge in [-0.05, 0) is 18.2 Å². The van der Waals surface area contributed by atoms with Crippen LogP contribution < -0.4 is 29.6 Å². The molecule has 0 aliphatic heterocycles. The Morgan fingerprint density at radius 3 is 2.71 bits per heavy atom. The van der Waals surface area contributed by atoms with E-state index in [1.165, 1.54) is 12.4 Å². The van der Waals surface area contributed by atoms with Crippen molar-refractivity contribution >= 4 is 17.6 Å². The Bertz CT molecular complexity index is 554. The monoisotopic (exact) mass is 258 g/mol. The van der Waals surface area contributed by atoms with E-state index in [9.17, 15) is 4.79 Å². The van der Waals surface area contributed by atoms with Crippen molar-refractivity contribution in [2.24, 2.45) is 0 Å². The fourth-order valence-corrected chi connectivity index (χ4v) is 1.47. The zero-order valence-electron chi connectivity index (χ0n) is 10.1. The van der Waals surface area contributed by atoms with Crippen LogP contribution in [0.4, 0.5) is 0 Å². The van der Waals surface area contributed by atoms with E-state index in [-0.39, 0.29) is 36.7 Å². The van der Waals surface area contributed by atoms with E-state index in [1.807, 2.05) is 0 Å². The number of nitrogens with zero attached hydrogens (tertiary/aromatic N) is 2. The predicted octanol–water partition coefficient (Wildman–Crippen LogP) is -0.388. The Kier molecular flexibility index (Phi) is 5.08. The van der Waals surface area contributed by atoms with Crippen molar-refractivity contribution in [2.45, 2.75) is 0 Å².